The van der Waals surface area contributed by atoms with Gasteiger partial charge in [-0.3, -0.25) is 4.90 Å². The van der Waals surface area contributed by atoms with Crippen molar-refractivity contribution in [2.75, 3.05) is 26.3 Å². The highest BCUT2D eigenvalue weighted by atomic mass is 16.5. The number of hydrogen-bond acceptors (Lipinski definition) is 3. The van der Waals surface area contributed by atoms with Crippen LogP contribution in [0, 0.1) is 11.3 Å². The van der Waals surface area contributed by atoms with E-state index in [2.05, 4.69) is 41.3 Å². The summed E-state index contributed by atoms with van der Waals surface area (Å²) in [4.78, 5) is 2.19. The second-order valence-electron chi connectivity index (χ2n) is 4.79. The standard InChI is InChI=1S/C16H16N2O/c17-12-16(18-7-9-19-10-8-18)15-6-5-13-3-1-2-4-14(13)11-15/h1-6,11,16H,7-10H2. The highest BCUT2D eigenvalue weighted by Crippen LogP contribution is 2.24. The summed E-state index contributed by atoms with van der Waals surface area (Å²) >= 11 is 0. The Bertz CT molecular complexity index is 611. The summed E-state index contributed by atoms with van der Waals surface area (Å²) in [5.41, 5.74) is 1.07. The van der Waals surface area contributed by atoms with Gasteiger partial charge in [0.2, 0.25) is 0 Å². The van der Waals surface area contributed by atoms with Crippen LogP contribution in [0.15, 0.2) is 42.5 Å². The first-order valence-electron chi connectivity index (χ1n) is 6.58. The molecule has 1 aliphatic rings. The van der Waals surface area contributed by atoms with Gasteiger partial charge in [0.25, 0.3) is 0 Å². The molecule has 1 aliphatic heterocycles. The molecule has 1 heterocycles. The van der Waals surface area contributed by atoms with E-state index in [4.69, 9.17) is 4.74 Å². The first-order valence-corrected chi connectivity index (χ1v) is 6.58. The molecule has 3 rings (SSSR count). The molecule has 3 heteroatoms. The van der Waals surface area contributed by atoms with Crippen LogP contribution < -0.4 is 0 Å². The van der Waals surface area contributed by atoms with Crippen molar-refractivity contribution in [3.8, 4) is 6.07 Å². The van der Waals surface area contributed by atoms with Crippen molar-refractivity contribution < 1.29 is 4.74 Å². The van der Waals surface area contributed by atoms with Gasteiger partial charge in [0, 0.05) is 13.1 Å². The van der Waals surface area contributed by atoms with Crippen molar-refractivity contribution in [3.05, 3.63) is 48.0 Å². The van der Waals surface area contributed by atoms with Crippen molar-refractivity contribution >= 4 is 10.8 Å². The van der Waals surface area contributed by atoms with Crippen molar-refractivity contribution in [2.45, 2.75) is 6.04 Å². The Morgan fingerprint density at radius 1 is 1.05 bits per heavy atom. The van der Waals surface area contributed by atoms with E-state index < -0.39 is 0 Å². The molecule has 2 aromatic carbocycles. The Morgan fingerprint density at radius 3 is 2.53 bits per heavy atom. The molecule has 19 heavy (non-hydrogen) atoms. The summed E-state index contributed by atoms with van der Waals surface area (Å²) < 4.78 is 5.35. The molecule has 1 unspecified atom stereocenters. The molecule has 0 amide bonds. The average Bonchev–Trinajstić information content (AvgIpc) is 2.49. The average molecular weight is 252 g/mol. The Hall–Kier alpha value is -1.89. The molecular formula is C16H16N2O. The molecule has 0 radical (unpaired) electrons. The lowest BCUT2D eigenvalue weighted by Gasteiger charge is -2.30. The maximum Gasteiger partial charge on any atom is 0.124 e. The minimum absolute atomic E-state index is 0.173. The van der Waals surface area contributed by atoms with Crippen molar-refractivity contribution in [1.82, 2.24) is 4.90 Å². The number of morpholine rings is 1. The number of nitrogens with zero attached hydrogens (tertiary/aromatic N) is 2. The van der Waals surface area contributed by atoms with E-state index in [0.29, 0.717) is 13.2 Å². The number of hydrogen-bond donors (Lipinski definition) is 0. The molecule has 1 saturated heterocycles. The predicted molar refractivity (Wildman–Crippen MR) is 74.7 cm³/mol. The van der Waals surface area contributed by atoms with Crippen LogP contribution in [-0.4, -0.2) is 31.2 Å². The normalized spacial score (nSPS) is 18.1. The SMILES string of the molecule is N#CC(c1ccc2ccccc2c1)N1CCOCC1. The maximum absolute atomic E-state index is 9.47. The van der Waals surface area contributed by atoms with Crippen molar-refractivity contribution in [2.24, 2.45) is 0 Å². The van der Waals surface area contributed by atoms with Gasteiger partial charge >= 0.3 is 0 Å². The summed E-state index contributed by atoms with van der Waals surface area (Å²) in [6, 6.07) is 16.8. The van der Waals surface area contributed by atoms with E-state index in [1.807, 2.05) is 12.1 Å². The Labute approximate surface area is 113 Å². The molecule has 96 valence electrons. The van der Waals surface area contributed by atoms with E-state index in [1.165, 1.54) is 10.8 Å². The first-order chi connectivity index (χ1) is 9.38. The van der Waals surface area contributed by atoms with Crippen molar-refractivity contribution in [3.63, 3.8) is 0 Å². The molecule has 0 bridgehead atoms. The quantitative estimate of drug-likeness (QED) is 0.824. The third-order valence-corrected chi connectivity index (χ3v) is 3.62. The summed E-state index contributed by atoms with van der Waals surface area (Å²) in [6.45, 7) is 3.08. The molecule has 1 fully saturated rings. The van der Waals surface area contributed by atoms with Crippen LogP contribution in [0.3, 0.4) is 0 Å². The van der Waals surface area contributed by atoms with Gasteiger partial charge in [-0.25, -0.2) is 0 Å². The number of fused-ring (bicyclic) bond motifs is 1. The van der Waals surface area contributed by atoms with Gasteiger partial charge in [-0.05, 0) is 22.4 Å². The monoisotopic (exact) mass is 252 g/mol. The van der Waals surface area contributed by atoms with E-state index in [9.17, 15) is 5.26 Å². The largest absolute Gasteiger partial charge is 0.379 e. The van der Waals surface area contributed by atoms with Crippen LogP contribution in [0.4, 0.5) is 0 Å². The first kappa shape index (κ1) is 12.2. The molecule has 0 saturated carbocycles. The van der Waals surface area contributed by atoms with E-state index in [0.717, 1.165) is 18.7 Å². The van der Waals surface area contributed by atoms with Gasteiger partial charge in [0.05, 0.1) is 19.3 Å². The summed E-state index contributed by atoms with van der Waals surface area (Å²) in [5.74, 6) is 0. The Kier molecular flexibility index (Phi) is 3.45. The fraction of sp³-hybridized carbons (Fsp3) is 0.312. The van der Waals surface area contributed by atoms with Crippen LogP contribution >= 0.6 is 0 Å². The van der Waals surface area contributed by atoms with Gasteiger partial charge in [-0.1, -0.05) is 36.4 Å². The van der Waals surface area contributed by atoms with Crippen LogP contribution in [-0.2, 0) is 4.74 Å². The predicted octanol–water partition coefficient (Wildman–Crippen LogP) is 2.74. The second kappa shape index (κ2) is 5.40. The number of benzene rings is 2. The van der Waals surface area contributed by atoms with E-state index in [-0.39, 0.29) is 6.04 Å². The van der Waals surface area contributed by atoms with E-state index >= 15 is 0 Å². The lowest BCUT2D eigenvalue weighted by molar-refractivity contribution is 0.0266. The second-order valence-corrected chi connectivity index (χ2v) is 4.79. The van der Waals surface area contributed by atoms with Crippen molar-refractivity contribution in [1.29, 1.82) is 5.26 Å². The molecule has 0 aliphatic carbocycles. The van der Waals surface area contributed by atoms with Gasteiger partial charge in [-0.15, -0.1) is 0 Å². The minimum atomic E-state index is -0.173. The van der Waals surface area contributed by atoms with Gasteiger partial charge in [-0.2, -0.15) is 5.26 Å². The van der Waals surface area contributed by atoms with Gasteiger partial charge < -0.3 is 4.74 Å². The summed E-state index contributed by atoms with van der Waals surface area (Å²) in [6.07, 6.45) is 0. The molecule has 0 aromatic heterocycles. The number of nitriles is 1. The fourth-order valence-corrected chi connectivity index (χ4v) is 2.58. The minimum Gasteiger partial charge on any atom is -0.379 e. The lowest BCUT2D eigenvalue weighted by atomic mass is 10.0. The zero-order valence-corrected chi connectivity index (χ0v) is 10.7. The molecule has 3 nitrogen and oxygen atoms in total. The third-order valence-electron chi connectivity index (χ3n) is 3.62. The zero-order valence-electron chi connectivity index (χ0n) is 10.7. The van der Waals surface area contributed by atoms with E-state index in [1.54, 1.807) is 0 Å². The third kappa shape index (κ3) is 2.46. The molecule has 2 aromatic rings. The maximum atomic E-state index is 9.47. The fourth-order valence-electron chi connectivity index (χ4n) is 2.58. The van der Waals surface area contributed by atoms with Gasteiger partial charge in [0.15, 0.2) is 0 Å². The highest BCUT2D eigenvalue weighted by molar-refractivity contribution is 5.83. The Morgan fingerprint density at radius 2 is 1.79 bits per heavy atom. The molecule has 0 spiro atoms. The highest BCUT2D eigenvalue weighted by Gasteiger charge is 2.22. The molecule has 0 N–H and O–H groups in total. The summed E-state index contributed by atoms with van der Waals surface area (Å²) in [7, 11) is 0. The number of ether oxygens (including phenoxy) is 1. The van der Waals surface area contributed by atoms with Crippen LogP contribution in [0.2, 0.25) is 0 Å². The molecule has 1 atom stereocenters. The Balaban J connectivity index is 1.94. The lowest BCUT2D eigenvalue weighted by Crippen LogP contribution is -2.38. The molecular weight excluding hydrogens is 236 g/mol. The van der Waals surface area contributed by atoms with Crippen LogP contribution in [0.1, 0.15) is 11.6 Å². The zero-order chi connectivity index (χ0) is 13.1. The van der Waals surface area contributed by atoms with Crippen LogP contribution in [0.25, 0.3) is 10.8 Å². The smallest absolute Gasteiger partial charge is 0.124 e. The number of rotatable bonds is 2. The summed E-state index contributed by atoms with van der Waals surface area (Å²) in [5, 5.41) is 11.9. The van der Waals surface area contributed by atoms with Gasteiger partial charge in [0.1, 0.15) is 6.04 Å². The topological polar surface area (TPSA) is 36.3 Å². The van der Waals surface area contributed by atoms with Crippen LogP contribution in [0.5, 0.6) is 0 Å².